The summed E-state index contributed by atoms with van der Waals surface area (Å²) in [5.41, 5.74) is 0. The summed E-state index contributed by atoms with van der Waals surface area (Å²) in [6, 6.07) is 0. The fraction of sp³-hybridized carbons (Fsp3) is 0.333. The smallest absolute Gasteiger partial charge is 0.270 e. The van der Waals surface area contributed by atoms with E-state index in [0.29, 0.717) is 0 Å². The number of carbonyl (C=O) groups excluding carboxylic acids is 2. The number of nitrogens with zero attached hydrogens (tertiary/aromatic N) is 2. The highest BCUT2D eigenvalue weighted by atomic mass is 16.2. The fourth-order valence-corrected chi connectivity index (χ4v) is 0.312. The lowest BCUT2D eigenvalue weighted by molar-refractivity contribution is -0.122. The van der Waals surface area contributed by atoms with E-state index in [2.05, 4.69) is 10.2 Å². The summed E-state index contributed by atoms with van der Waals surface area (Å²) in [6.07, 6.45) is -0.139. The van der Waals surface area contributed by atoms with Crippen LogP contribution in [0.25, 0.3) is 0 Å². The Hall–Kier alpha value is -1.06. The molecule has 1 aliphatic rings. The Bertz CT molecular complexity index is 133. The van der Waals surface area contributed by atoms with Crippen LogP contribution in [0.2, 0.25) is 0 Å². The average Bonchev–Trinajstić information content (AvgIpc) is 1.87. The minimum absolute atomic E-state index is 0.139. The molecule has 0 N–H and O–H groups in total. The molecule has 0 aromatic rings. The summed E-state index contributed by atoms with van der Waals surface area (Å²) in [4.78, 5) is 19.9. The Kier molecular flexibility index (Phi) is 0.714. The zero-order valence-corrected chi connectivity index (χ0v) is 3.42. The minimum Gasteiger partial charge on any atom is -0.270 e. The van der Waals surface area contributed by atoms with Gasteiger partial charge in [0.2, 0.25) is 0 Å². The van der Waals surface area contributed by atoms with Crippen molar-refractivity contribution >= 4 is 11.8 Å². The van der Waals surface area contributed by atoms with Crippen LogP contribution in [0.5, 0.6) is 0 Å². The zero-order chi connectivity index (χ0) is 5.28. The predicted molar refractivity (Wildman–Crippen MR) is 19.5 cm³/mol. The van der Waals surface area contributed by atoms with Gasteiger partial charge >= 0.3 is 0 Å². The van der Waals surface area contributed by atoms with Crippen LogP contribution in [-0.4, -0.2) is 11.8 Å². The summed E-state index contributed by atoms with van der Waals surface area (Å²) in [5.74, 6) is -0.880. The number of azo groups is 1. The van der Waals surface area contributed by atoms with E-state index in [4.69, 9.17) is 0 Å². The lowest BCUT2D eigenvalue weighted by Gasteiger charge is -1.66. The summed E-state index contributed by atoms with van der Waals surface area (Å²) in [5, 5.41) is 5.91. The van der Waals surface area contributed by atoms with Crippen molar-refractivity contribution in [3.8, 4) is 0 Å². The Morgan fingerprint density at radius 2 is 1.57 bits per heavy atom. The lowest BCUT2D eigenvalue weighted by Crippen LogP contribution is -1.90. The molecule has 4 nitrogen and oxygen atoms in total. The van der Waals surface area contributed by atoms with Gasteiger partial charge in [-0.15, -0.1) is 10.2 Å². The van der Waals surface area contributed by atoms with Crippen LogP contribution < -0.4 is 0 Å². The highest BCUT2D eigenvalue weighted by Crippen LogP contribution is 1.98. The molecule has 1 rings (SSSR count). The van der Waals surface area contributed by atoms with Crippen LogP contribution in [0.15, 0.2) is 10.2 Å². The number of amides is 2. The van der Waals surface area contributed by atoms with Crippen molar-refractivity contribution in [2.75, 3.05) is 0 Å². The molecule has 4 heteroatoms. The van der Waals surface area contributed by atoms with Gasteiger partial charge in [-0.25, -0.2) is 0 Å². The van der Waals surface area contributed by atoms with Crippen LogP contribution >= 0.6 is 0 Å². The Balaban J connectivity index is 2.76. The predicted octanol–water partition coefficient (Wildman–Crippen LogP) is -0.105. The van der Waals surface area contributed by atoms with E-state index in [0.717, 1.165) is 0 Å². The van der Waals surface area contributed by atoms with E-state index in [-0.39, 0.29) is 6.42 Å². The molecule has 0 aromatic heterocycles. The monoisotopic (exact) mass is 98.0 g/mol. The second-order valence-electron chi connectivity index (χ2n) is 1.16. The van der Waals surface area contributed by atoms with Crippen LogP contribution in [-0.2, 0) is 9.59 Å². The Morgan fingerprint density at radius 3 is 1.71 bits per heavy atom. The molecule has 36 valence electrons. The maximum Gasteiger partial charge on any atom is 0.274 e. The van der Waals surface area contributed by atoms with Crippen molar-refractivity contribution < 1.29 is 9.59 Å². The second-order valence-corrected chi connectivity index (χ2v) is 1.16. The van der Waals surface area contributed by atoms with Crippen molar-refractivity contribution in [2.24, 2.45) is 10.2 Å². The molecule has 0 fully saturated rings. The second kappa shape index (κ2) is 1.22. The Morgan fingerprint density at radius 1 is 1.14 bits per heavy atom. The maximum absolute atomic E-state index is 9.97. The molecule has 2 amide bonds. The molecule has 7 heavy (non-hydrogen) atoms. The van der Waals surface area contributed by atoms with Gasteiger partial charge in [-0.1, -0.05) is 0 Å². The standard InChI is InChI=1S/C3H2N2O2/c6-2-1-3(7)5-4-2/h1H2. The third-order valence-corrected chi connectivity index (χ3v) is 0.576. The molecule has 0 radical (unpaired) electrons. The fourth-order valence-electron chi connectivity index (χ4n) is 0.312. The van der Waals surface area contributed by atoms with Gasteiger partial charge in [0, 0.05) is 0 Å². The molecule has 0 bridgehead atoms. The van der Waals surface area contributed by atoms with Gasteiger partial charge in [0.15, 0.2) is 0 Å². The summed E-state index contributed by atoms with van der Waals surface area (Å²) < 4.78 is 0. The lowest BCUT2D eigenvalue weighted by atomic mass is 10.4. The minimum atomic E-state index is -0.440. The van der Waals surface area contributed by atoms with E-state index in [1.165, 1.54) is 0 Å². The van der Waals surface area contributed by atoms with Crippen LogP contribution in [0.1, 0.15) is 6.42 Å². The first kappa shape index (κ1) is 4.11. The van der Waals surface area contributed by atoms with Crippen molar-refractivity contribution in [2.45, 2.75) is 6.42 Å². The van der Waals surface area contributed by atoms with E-state index in [1.807, 2.05) is 0 Å². The summed E-state index contributed by atoms with van der Waals surface area (Å²) in [7, 11) is 0. The van der Waals surface area contributed by atoms with Crippen molar-refractivity contribution in [3.63, 3.8) is 0 Å². The van der Waals surface area contributed by atoms with Crippen molar-refractivity contribution in [1.82, 2.24) is 0 Å². The van der Waals surface area contributed by atoms with Gasteiger partial charge in [-0.2, -0.15) is 0 Å². The highest BCUT2D eigenvalue weighted by molar-refractivity contribution is 6.01. The molecule has 0 aliphatic carbocycles. The summed E-state index contributed by atoms with van der Waals surface area (Å²) >= 11 is 0. The molecular weight excluding hydrogens is 96.0 g/mol. The molecule has 0 saturated heterocycles. The molecule has 0 aromatic carbocycles. The first-order valence-electron chi connectivity index (χ1n) is 1.76. The topological polar surface area (TPSA) is 58.9 Å². The number of carbonyl (C=O) groups is 2. The highest BCUT2D eigenvalue weighted by Gasteiger charge is 2.13. The van der Waals surface area contributed by atoms with Crippen molar-refractivity contribution in [3.05, 3.63) is 0 Å². The van der Waals surface area contributed by atoms with E-state index in [1.54, 1.807) is 0 Å². The molecule has 0 unspecified atom stereocenters. The summed E-state index contributed by atoms with van der Waals surface area (Å²) in [6.45, 7) is 0. The molecule has 0 spiro atoms. The van der Waals surface area contributed by atoms with Crippen LogP contribution in [0.3, 0.4) is 0 Å². The van der Waals surface area contributed by atoms with Gasteiger partial charge in [0.1, 0.15) is 6.42 Å². The SMILES string of the molecule is O=C1CC(=O)N=N1. The zero-order valence-electron chi connectivity index (χ0n) is 3.42. The molecular formula is C3H2N2O2. The Labute approximate surface area is 39.2 Å². The third kappa shape index (κ3) is 0.677. The van der Waals surface area contributed by atoms with Gasteiger partial charge in [-0.05, 0) is 0 Å². The number of hydrogen-bond donors (Lipinski definition) is 0. The van der Waals surface area contributed by atoms with E-state index < -0.39 is 11.8 Å². The van der Waals surface area contributed by atoms with Gasteiger partial charge < -0.3 is 0 Å². The molecule has 1 heterocycles. The normalized spacial score (nSPS) is 18.9. The van der Waals surface area contributed by atoms with Crippen LogP contribution in [0, 0.1) is 0 Å². The van der Waals surface area contributed by atoms with Gasteiger partial charge in [0.05, 0.1) is 0 Å². The first-order valence-corrected chi connectivity index (χ1v) is 1.76. The van der Waals surface area contributed by atoms with Gasteiger partial charge in [0.25, 0.3) is 11.8 Å². The average molecular weight is 98.1 g/mol. The first-order chi connectivity index (χ1) is 3.29. The number of rotatable bonds is 0. The molecule has 0 atom stereocenters. The number of hydrogen-bond acceptors (Lipinski definition) is 2. The van der Waals surface area contributed by atoms with Crippen molar-refractivity contribution in [1.29, 1.82) is 0 Å². The quantitative estimate of drug-likeness (QED) is 0.397. The maximum atomic E-state index is 9.97. The van der Waals surface area contributed by atoms with Gasteiger partial charge in [-0.3, -0.25) is 9.59 Å². The van der Waals surface area contributed by atoms with E-state index >= 15 is 0 Å². The molecule has 0 saturated carbocycles. The largest absolute Gasteiger partial charge is 0.274 e. The molecule has 1 aliphatic heterocycles. The third-order valence-electron chi connectivity index (χ3n) is 0.576. The van der Waals surface area contributed by atoms with E-state index in [9.17, 15) is 9.59 Å². The van der Waals surface area contributed by atoms with Crippen LogP contribution in [0.4, 0.5) is 0 Å².